The first-order valence-electron chi connectivity index (χ1n) is 7.20. The van der Waals surface area contributed by atoms with Crippen LogP contribution in [0.4, 0.5) is 5.69 Å². The Morgan fingerprint density at radius 2 is 1.81 bits per heavy atom. The van der Waals surface area contributed by atoms with Gasteiger partial charge in [0.2, 0.25) is 0 Å². The number of anilines is 1. The molecule has 21 heavy (non-hydrogen) atoms. The van der Waals surface area contributed by atoms with Crippen molar-refractivity contribution in [2.75, 3.05) is 18.5 Å². The topological polar surface area (TPSA) is 43.4 Å². The average molecular weight is 306 g/mol. The van der Waals surface area contributed by atoms with Gasteiger partial charge in [0.25, 0.3) is 0 Å². The highest BCUT2D eigenvalue weighted by Crippen LogP contribution is 2.31. The van der Waals surface area contributed by atoms with Gasteiger partial charge in [0, 0.05) is 16.6 Å². The Hall–Kier alpha value is -1.75. The predicted molar refractivity (Wildman–Crippen MR) is 87.7 cm³/mol. The fraction of sp³-hybridized carbons (Fsp3) is 0.438. The minimum Gasteiger partial charge on any atom is -0.490 e. The van der Waals surface area contributed by atoms with Gasteiger partial charge in [-0.05, 0) is 39.8 Å². The minimum atomic E-state index is 0.622. The fourth-order valence-electron chi connectivity index (χ4n) is 2.08. The van der Waals surface area contributed by atoms with Gasteiger partial charge in [0.1, 0.15) is 0 Å². The van der Waals surface area contributed by atoms with Crippen molar-refractivity contribution in [1.29, 1.82) is 0 Å². The second-order valence-corrected chi connectivity index (χ2v) is 5.91. The van der Waals surface area contributed by atoms with Gasteiger partial charge >= 0.3 is 0 Å². The second kappa shape index (κ2) is 7.31. The molecule has 0 aliphatic carbocycles. The van der Waals surface area contributed by atoms with Crippen molar-refractivity contribution in [2.45, 2.75) is 34.2 Å². The lowest BCUT2D eigenvalue weighted by atomic mass is 10.2. The first-order chi connectivity index (χ1) is 10.1. The lowest BCUT2D eigenvalue weighted by molar-refractivity contribution is 0.288. The van der Waals surface area contributed by atoms with Crippen LogP contribution < -0.4 is 14.8 Å². The lowest BCUT2D eigenvalue weighted by Crippen LogP contribution is -2.02. The van der Waals surface area contributed by atoms with Gasteiger partial charge in [-0.1, -0.05) is 0 Å². The molecule has 0 radical (unpaired) electrons. The van der Waals surface area contributed by atoms with E-state index in [0.29, 0.717) is 13.2 Å². The fourth-order valence-corrected chi connectivity index (χ4v) is 2.96. The maximum Gasteiger partial charge on any atom is 0.163 e. The molecule has 0 saturated carbocycles. The molecule has 0 spiro atoms. The van der Waals surface area contributed by atoms with E-state index in [1.807, 2.05) is 45.9 Å². The zero-order valence-electron chi connectivity index (χ0n) is 13.0. The smallest absolute Gasteiger partial charge is 0.163 e. The highest BCUT2D eigenvalue weighted by atomic mass is 32.1. The van der Waals surface area contributed by atoms with E-state index in [2.05, 4.69) is 10.3 Å². The number of aryl methyl sites for hydroxylation is 2. The molecule has 0 aliphatic rings. The number of benzene rings is 1. The Labute approximate surface area is 130 Å². The molecule has 0 unspecified atom stereocenters. The molecular formula is C16H22N2O2S. The van der Waals surface area contributed by atoms with E-state index >= 15 is 0 Å². The van der Waals surface area contributed by atoms with Gasteiger partial charge in [-0.15, -0.1) is 11.3 Å². The Bertz CT molecular complexity index is 596. The number of hydrogen-bond acceptors (Lipinski definition) is 5. The lowest BCUT2D eigenvalue weighted by Gasteiger charge is -2.13. The monoisotopic (exact) mass is 306 g/mol. The summed E-state index contributed by atoms with van der Waals surface area (Å²) in [4.78, 5) is 5.71. The van der Waals surface area contributed by atoms with Crippen molar-refractivity contribution in [1.82, 2.24) is 4.98 Å². The number of hydrogen-bond donors (Lipinski definition) is 1. The maximum absolute atomic E-state index is 5.64. The van der Waals surface area contributed by atoms with Crippen LogP contribution in [0, 0.1) is 13.8 Å². The molecule has 1 heterocycles. The van der Waals surface area contributed by atoms with Gasteiger partial charge in [0.05, 0.1) is 30.5 Å². The highest BCUT2D eigenvalue weighted by Gasteiger charge is 2.08. The summed E-state index contributed by atoms with van der Waals surface area (Å²) in [5.74, 6) is 1.57. The van der Waals surface area contributed by atoms with Crippen molar-refractivity contribution in [3.05, 3.63) is 33.8 Å². The van der Waals surface area contributed by atoms with Gasteiger partial charge in [0.15, 0.2) is 11.5 Å². The molecule has 5 heteroatoms. The third kappa shape index (κ3) is 4.11. The van der Waals surface area contributed by atoms with E-state index in [1.165, 1.54) is 4.88 Å². The van der Waals surface area contributed by atoms with E-state index in [4.69, 9.17) is 9.47 Å². The number of nitrogens with zero attached hydrogens (tertiary/aromatic N) is 1. The normalized spacial score (nSPS) is 10.5. The number of nitrogens with one attached hydrogen (secondary N) is 1. The van der Waals surface area contributed by atoms with E-state index in [1.54, 1.807) is 11.3 Å². The minimum absolute atomic E-state index is 0.622. The van der Waals surface area contributed by atoms with Gasteiger partial charge < -0.3 is 14.8 Å². The third-order valence-electron chi connectivity index (χ3n) is 3.00. The van der Waals surface area contributed by atoms with Gasteiger partial charge in [-0.3, -0.25) is 0 Å². The summed E-state index contributed by atoms with van der Waals surface area (Å²) in [5, 5.41) is 4.52. The van der Waals surface area contributed by atoms with Crippen molar-refractivity contribution < 1.29 is 9.47 Å². The van der Waals surface area contributed by atoms with Crippen LogP contribution in [0.25, 0.3) is 0 Å². The standard InChI is InChI=1S/C16H22N2O2S/c1-5-19-14-8-7-13(9-15(14)20-6-2)17-10-16-11(3)18-12(4)21-16/h7-9,17H,5-6,10H2,1-4H3. The third-order valence-corrected chi connectivity index (χ3v) is 4.07. The molecule has 0 saturated heterocycles. The second-order valence-electron chi connectivity index (χ2n) is 4.62. The van der Waals surface area contributed by atoms with Crippen LogP contribution in [0.5, 0.6) is 11.5 Å². The Morgan fingerprint density at radius 3 is 2.43 bits per heavy atom. The number of aromatic nitrogens is 1. The van der Waals surface area contributed by atoms with Gasteiger partial charge in [-0.25, -0.2) is 4.98 Å². The highest BCUT2D eigenvalue weighted by molar-refractivity contribution is 7.11. The molecule has 0 aliphatic heterocycles. The van der Waals surface area contributed by atoms with Crippen LogP contribution in [0.15, 0.2) is 18.2 Å². The largest absolute Gasteiger partial charge is 0.490 e. The van der Waals surface area contributed by atoms with E-state index in [-0.39, 0.29) is 0 Å². The van der Waals surface area contributed by atoms with Crippen LogP contribution in [0.2, 0.25) is 0 Å². The quantitative estimate of drug-likeness (QED) is 0.834. The molecule has 2 rings (SSSR count). The maximum atomic E-state index is 5.64. The molecule has 0 atom stereocenters. The number of ether oxygens (including phenoxy) is 2. The van der Waals surface area contributed by atoms with Crippen LogP contribution in [0.1, 0.15) is 29.4 Å². The summed E-state index contributed by atoms with van der Waals surface area (Å²) in [6.45, 7) is 10.0. The first kappa shape index (κ1) is 15.6. The summed E-state index contributed by atoms with van der Waals surface area (Å²) in [6, 6.07) is 5.94. The van der Waals surface area contributed by atoms with Crippen LogP contribution in [-0.2, 0) is 6.54 Å². The molecule has 1 aromatic heterocycles. The van der Waals surface area contributed by atoms with Crippen molar-refractivity contribution in [3.8, 4) is 11.5 Å². The van der Waals surface area contributed by atoms with Crippen molar-refractivity contribution >= 4 is 17.0 Å². The Kier molecular flexibility index (Phi) is 5.44. The molecule has 114 valence electrons. The summed E-state index contributed by atoms with van der Waals surface area (Å²) in [5.41, 5.74) is 2.12. The molecule has 4 nitrogen and oxygen atoms in total. The van der Waals surface area contributed by atoms with Crippen molar-refractivity contribution in [3.63, 3.8) is 0 Å². The van der Waals surface area contributed by atoms with Crippen LogP contribution in [0.3, 0.4) is 0 Å². The summed E-state index contributed by atoms with van der Waals surface area (Å²) >= 11 is 1.73. The first-order valence-corrected chi connectivity index (χ1v) is 8.02. The van der Waals surface area contributed by atoms with Crippen LogP contribution >= 0.6 is 11.3 Å². The summed E-state index contributed by atoms with van der Waals surface area (Å²) < 4.78 is 11.2. The Balaban J connectivity index is 2.09. The Morgan fingerprint density at radius 1 is 1.10 bits per heavy atom. The van der Waals surface area contributed by atoms with E-state index in [9.17, 15) is 0 Å². The van der Waals surface area contributed by atoms with Gasteiger partial charge in [-0.2, -0.15) is 0 Å². The summed E-state index contributed by atoms with van der Waals surface area (Å²) in [7, 11) is 0. The molecular weight excluding hydrogens is 284 g/mol. The molecule has 1 aromatic carbocycles. The molecule has 0 amide bonds. The molecule has 2 aromatic rings. The zero-order valence-corrected chi connectivity index (χ0v) is 13.8. The zero-order chi connectivity index (χ0) is 15.2. The van der Waals surface area contributed by atoms with Crippen molar-refractivity contribution in [2.24, 2.45) is 0 Å². The predicted octanol–water partition coefficient (Wildman–Crippen LogP) is 4.17. The van der Waals surface area contributed by atoms with Crippen LogP contribution in [-0.4, -0.2) is 18.2 Å². The molecule has 0 bridgehead atoms. The summed E-state index contributed by atoms with van der Waals surface area (Å²) in [6.07, 6.45) is 0. The number of thiazole rings is 1. The van der Waals surface area contributed by atoms with E-state index < -0.39 is 0 Å². The molecule has 1 N–H and O–H groups in total. The average Bonchev–Trinajstić information content (AvgIpc) is 2.78. The number of rotatable bonds is 7. The molecule has 0 fully saturated rings. The SMILES string of the molecule is CCOc1ccc(NCc2sc(C)nc2C)cc1OCC. The van der Waals surface area contributed by atoms with E-state index in [0.717, 1.165) is 34.4 Å².